The first-order valence-electron chi connectivity index (χ1n) is 10.5. The molecule has 4 nitrogen and oxygen atoms in total. The Labute approximate surface area is 161 Å². The molecule has 2 rings (SSSR count). The second kappa shape index (κ2) is 8.39. The second-order valence-corrected chi connectivity index (χ2v) is 17.5. The first-order chi connectivity index (χ1) is 12.3. The lowest BCUT2D eigenvalue weighted by atomic mass is 9.86. The highest BCUT2D eigenvalue weighted by Gasteiger charge is 2.66. The minimum atomic E-state index is -1.83. The molecule has 0 spiro atoms. The highest BCUT2D eigenvalue weighted by molar-refractivity contribution is 6.74. The van der Waals surface area contributed by atoms with Crippen LogP contribution in [0.25, 0.3) is 0 Å². The van der Waals surface area contributed by atoms with E-state index in [1.807, 2.05) is 6.08 Å². The maximum atomic E-state index is 11.9. The molecule has 26 heavy (non-hydrogen) atoms. The van der Waals surface area contributed by atoms with Crippen molar-refractivity contribution in [3.63, 3.8) is 0 Å². The van der Waals surface area contributed by atoms with E-state index in [-0.39, 0.29) is 18.3 Å². The lowest BCUT2D eigenvalue weighted by Gasteiger charge is -2.39. The molecule has 1 heterocycles. The van der Waals surface area contributed by atoms with Gasteiger partial charge in [-0.3, -0.25) is 4.79 Å². The Balaban J connectivity index is 2.29. The van der Waals surface area contributed by atoms with E-state index in [9.17, 15) is 4.79 Å². The number of carbonyl (C=O) groups excluding carboxylic acids is 1. The average molecular weight is 399 g/mol. The zero-order valence-corrected chi connectivity index (χ0v) is 19.8. The largest absolute Gasteiger partial charge is 0.408 e. The van der Waals surface area contributed by atoms with Gasteiger partial charge in [-0.2, -0.15) is 0 Å². The summed E-state index contributed by atoms with van der Waals surface area (Å²) >= 11 is 0. The molecule has 1 fully saturated rings. The summed E-state index contributed by atoms with van der Waals surface area (Å²) in [5.74, 6) is 0. The fourth-order valence-corrected chi connectivity index (χ4v) is 10.1. The molecule has 0 aromatic rings. The van der Waals surface area contributed by atoms with E-state index in [4.69, 9.17) is 13.6 Å². The molecule has 2 aliphatic rings. The quantitative estimate of drug-likeness (QED) is 0.277. The van der Waals surface area contributed by atoms with E-state index in [1.165, 1.54) is 0 Å². The predicted octanol–water partition coefficient (Wildman–Crippen LogP) is 5.06. The van der Waals surface area contributed by atoms with Gasteiger partial charge in [0.25, 0.3) is 0 Å². The van der Waals surface area contributed by atoms with Gasteiger partial charge in [-0.1, -0.05) is 41.5 Å². The third-order valence-corrected chi connectivity index (χ3v) is 16.4. The van der Waals surface area contributed by atoms with Gasteiger partial charge in [0.2, 0.25) is 0 Å². The van der Waals surface area contributed by atoms with Crippen LogP contribution in [0.15, 0.2) is 11.6 Å². The molecule has 0 aromatic carbocycles. The standard InChI is InChI=1S/C20H38O4Si2/c1-8-25(9-2,10-3)23-17-14-16(15-21)18(20(7)19(17)22-20)24-26(11-4,12-5)13-6/h14-15,17-19H,8-13H2,1-7H3/t17-,18+,19-,20+/m0/s1. The SMILES string of the molecule is CC[Si](CC)(CC)O[C@H]1C=C(C=O)[C@@H](O[Si](CC)(CC)CC)[C@@]2(C)O[C@@H]12. The van der Waals surface area contributed by atoms with E-state index < -0.39 is 22.2 Å². The van der Waals surface area contributed by atoms with Crippen molar-refractivity contribution in [3.8, 4) is 0 Å². The Morgan fingerprint density at radius 2 is 1.42 bits per heavy atom. The Bertz CT molecular complexity index is 511. The summed E-state index contributed by atoms with van der Waals surface area (Å²) < 4.78 is 19.5. The molecule has 6 heteroatoms. The number of ether oxygens (including phenoxy) is 1. The molecular formula is C20H38O4Si2. The molecule has 1 aliphatic heterocycles. The van der Waals surface area contributed by atoms with Gasteiger partial charge in [-0.15, -0.1) is 0 Å². The van der Waals surface area contributed by atoms with Gasteiger partial charge < -0.3 is 13.6 Å². The molecule has 0 aromatic heterocycles. The fraction of sp³-hybridized carbons (Fsp3) is 0.850. The number of carbonyl (C=O) groups is 1. The van der Waals surface area contributed by atoms with Gasteiger partial charge in [0, 0.05) is 5.57 Å². The normalized spacial score (nSPS) is 31.3. The topological polar surface area (TPSA) is 48.1 Å². The van der Waals surface area contributed by atoms with Crippen molar-refractivity contribution >= 4 is 22.9 Å². The van der Waals surface area contributed by atoms with E-state index in [2.05, 4.69) is 48.5 Å². The van der Waals surface area contributed by atoms with Crippen LogP contribution in [-0.2, 0) is 18.4 Å². The molecule has 0 radical (unpaired) electrons. The van der Waals surface area contributed by atoms with Gasteiger partial charge in [0.1, 0.15) is 24.1 Å². The highest BCUT2D eigenvalue weighted by atomic mass is 28.4. The number of aldehydes is 1. The monoisotopic (exact) mass is 398 g/mol. The van der Waals surface area contributed by atoms with Crippen LogP contribution in [0.4, 0.5) is 0 Å². The molecule has 4 atom stereocenters. The minimum Gasteiger partial charge on any atom is -0.408 e. The summed E-state index contributed by atoms with van der Waals surface area (Å²) in [6, 6.07) is 6.51. The molecule has 0 unspecified atom stereocenters. The van der Waals surface area contributed by atoms with Gasteiger partial charge in [-0.25, -0.2) is 0 Å². The van der Waals surface area contributed by atoms with Crippen molar-refractivity contribution in [2.45, 2.75) is 109 Å². The average Bonchev–Trinajstić information content (AvgIpc) is 3.38. The maximum absolute atomic E-state index is 11.9. The van der Waals surface area contributed by atoms with E-state index in [0.717, 1.165) is 48.1 Å². The van der Waals surface area contributed by atoms with Crippen molar-refractivity contribution in [1.82, 2.24) is 0 Å². The molecule has 150 valence electrons. The minimum absolute atomic E-state index is 0.0185. The van der Waals surface area contributed by atoms with Crippen LogP contribution < -0.4 is 0 Å². The van der Waals surface area contributed by atoms with E-state index >= 15 is 0 Å². The molecule has 0 bridgehead atoms. The van der Waals surface area contributed by atoms with Gasteiger partial charge >= 0.3 is 0 Å². The highest BCUT2D eigenvalue weighted by Crippen LogP contribution is 2.51. The van der Waals surface area contributed by atoms with Crippen LogP contribution in [0, 0.1) is 0 Å². The van der Waals surface area contributed by atoms with Crippen LogP contribution in [0.5, 0.6) is 0 Å². The Kier molecular flexibility index (Phi) is 7.11. The summed E-state index contributed by atoms with van der Waals surface area (Å²) in [5.41, 5.74) is 0.313. The zero-order chi connectivity index (χ0) is 19.6. The van der Waals surface area contributed by atoms with Crippen LogP contribution in [0.2, 0.25) is 36.3 Å². The summed E-state index contributed by atoms with van der Waals surface area (Å²) in [7, 11) is -3.58. The van der Waals surface area contributed by atoms with E-state index in [0.29, 0.717) is 0 Å². The summed E-state index contributed by atoms with van der Waals surface area (Å²) in [4.78, 5) is 11.9. The number of hydrogen-bond donors (Lipinski definition) is 0. The van der Waals surface area contributed by atoms with Crippen molar-refractivity contribution < 1.29 is 18.4 Å². The molecule has 0 N–H and O–H groups in total. The lowest BCUT2D eigenvalue weighted by molar-refractivity contribution is -0.106. The first-order valence-corrected chi connectivity index (χ1v) is 15.6. The third kappa shape index (κ3) is 3.81. The predicted molar refractivity (Wildman–Crippen MR) is 112 cm³/mol. The molecule has 1 aliphatic carbocycles. The number of epoxide rings is 1. The van der Waals surface area contributed by atoms with Crippen molar-refractivity contribution in [3.05, 3.63) is 11.6 Å². The third-order valence-electron chi connectivity index (χ3n) is 7.12. The number of fused-ring (bicyclic) bond motifs is 1. The first kappa shape index (κ1) is 22.0. The molecule has 1 saturated heterocycles. The van der Waals surface area contributed by atoms with Gasteiger partial charge in [-0.05, 0) is 49.3 Å². The van der Waals surface area contributed by atoms with E-state index in [1.54, 1.807) is 0 Å². The maximum Gasteiger partial charge on any atom is 0.193 e. The zero-order valence-electron chi connectivity index (χ0n) is 17.8. The van der Waals surface area contributed by atoms with Crippen LogP contribution in [0.1, 0.15) is 48.5 Å². The molecule has 0 saturated carbocycles. The van der Waals surface area contributed by atoms with Gasteiger partial charge in [0.15, 0.2) is 16.6 Å². The second-order valence-electron chi connectivity index (χ2n) is 8.07. The van der Waals surface area contributed by atoms with Gasteiger partial charge in [0.05, 0.1) is 6.10 Å². The Morgan fingerprint density at radius 3 is 1.85 bits per heavy atom. The molecule has 0 amide bonds. The van der Waals surface area contributed by atoms with Crippen LogP contribution >= 0.6 is 0 Å². The number of rotatable bonds is 11. The summed E-state index contributed by atoms with van der Waals surface area (Å²) in [6.45, 7) is 15.4. The summed E-state index contributed by atoms with van der Waals surface area (Å²) in [5, 5.41) is 0. The van der Waals surface area contributed by atoms with Crippen molar-refractivity contribution in [1.29, 1.82) is 0 Å². The Morgan fingerprint density at radius 1 is 0.962 bits per heavy atom. The Hall–Kier alpha value is -0.276. The fourth-order valence-electron chi connectivity index (χ4n) is 4.46. The summed E-state index contributed by atoms with van der Waals surface area (Å²) in [6.07, 6.45) is 2.66. The van der Waals surface area contributed by atoms with Crippen molar-refractivity contribution in [2.75, 3.05) is 0 Å². The van der Waals surface area contributed by atoms with Crippen LogP contribution in [-0.4, -0.2) is 46.8 Å². The smallest absolute Gasteiger partial charge is 0.193 e. The van der Waals surface area contributed by atoms with Crippen molar-refractivity contribution in [2.24, 2.45) is 0 Å². The molecular weight excluding hydrogens is 360 g/mol. The number of hydrogen-bond acceptors (Lipinski definition) is 4. The lowest BCUT2D eigenvalue weighted by Crippen LogP contribution is -2.51. The van der Waals surface area contributed by atoms with Crippen LogP contribution in [0.3, 0.4) is 0 Å².